The van der Waals surface area contributed by atoms with Crippen molar-refractivity contribution < 1.29 is 9.59 Å². The third kappa shape index (κ3) is 4.67. The van der Waals surface area contributed by atoms with Gasteiger partial charge in [0.2, 0.25) is 0 Å². The Balaban J connectivity index is 0.000000758. The molecule has 2 heterocycles. The van der Waals surface area contributed by atoms with Crippen LogP contribution in [0.2, 0.25) is 0 Å². The van der Waals surface area contributed by atoms with Gasteiger partial charge in [-0.2, -0.15) is 9.59 Å². The number of hydrogen-bond acceptors (Lipinski definition) is 4. The highest BCUT2D eigenvalue weighted by Gasteiger charge is 2.08. The fourth-order valence-corrected chi connectivity index (χ4v) is 2.79. The number of anilines is 1. The van der Waals surface area contributed by atoms with Gasteiger partial charge in [0.1, 0.15) is 4.60 Å². The van der Waals surface area contributed by atoms with Crippen LogP contribution in [0.4, 0.5) is 11.4 Å². The topological polar surface area (TPSA) is 82.3 Å². The molecule has 0 aliphatic heterocycles. The van der Waals surface area contributed by atoms with Crippen LogP contribution in [0.1, 0.15) is 11.4 Å². The normalized spacial score (nSPS) is 9.58. The molecular weight excluding hydrogens is 396 g/mol. The smallest absolute Gasteiger partial charge is 0.373 e. The van der Waals surface area contributed by atoms with Gasteiger partial charge in [-0.25, -0.2) is 9.83 Å². The minimum absolute atomic E-state index is 0.250. The predicted molar refractivity (Wildman–Crippen MR) is 101 cm³/mol. The van der Waals surface area contributed by atoms with Gasteiger partial charge in [-0.1, -0.05) is 24.3 Å². The lowest BCUT2D eigenvalue weighted by Crippen LogP contribution is -2.05. The first-order chi connectivity index (χ1) is 12.5. The van der Waals surface area contributed by atoms with Crippen LogP contribution < -0.4 is 5.73 Å². The lowest BCUT2D eigenvalue weighted by molar-refractivity contribution is -0.191. The summed E-state index contributed by atoms with van der Waals surface area (Å²) in [6.45, 7) is 9.70. The number of nitrogen functional groups attached to an aromatic ring is 1. The Kier molecular flexibility index (Phi) is 6.45. The molecule has 0 bridgehead atoms. The van der Waals surface area contributed by atoms with Crippen LogP contribution in [-0.4, -0.2) is 15.7 Å². The number of rotatable bonds is 3. The molecule has 0 aliphatic rings. The van der Waals surface area contributed by atoms with E-state index in [0.29, 0.717) is 17.9 Å². The van der Waals surface area contributed by atoms with Crippen LogP contribution in [0.25, 0.3) is 16.0 Å². The number of nitrogens with zero attached hydrogens (tertiary/aromatic N) is 3. The van der Waals surface area contributed by atoms with E-state index >= 15 is 0 Å². The zero-order valence-electron chi connectivity index (χ0n) is 13.9. The van der Waals surface area contributed by atoms with Crippen LogP contribution in [0.15, 0.2) is 53.3 Å². The van der Waals surface area contributed by atoms with Crippen molar-refractivity contribution in [2.75, 3.05) is 5.73 Å². The van der Waals surface area contributed by atoms with Crippen molar-refractivity contribution in [2.24, 2.45) is 0 Å². The third-order valence-corrected chi connectivity index (χ3v) is 4.18. The molecule has 0 saturated heterocycles. The number of nitrogens with two attached hydrogens (primary N) is 1. The van der Waals surface area contributed by atoms with Gasteiger partial charge >= 0.3 is 6.15 Å². The van der Waals surface area contributed by atoms with Crippen molar-refractivity contribution >= 4 is 33.5 Å². The first-order valence-corrected chi connectivity index (χ1v) is 8.32. The number of aromatic nitrogens is 2. The van der Waals surface area contributed by atoms with Gasteiger partial charge in [-0.05, 0) is 52.2 Å². The molecule has 3 rings (SSSR count). The Morgan fingerprint density at radius 1 is 1.19 bits per heavy atom. The highest BCUT2D eigenvalue weighted by Crippen LogP contribution is 2.25. The molecule has 0 spiro atoms. The second-order valence-electron chi connectivity index (χ2n) is 5.41. The van der Waals surface area contributed by atoms with E-state index in [1.165, 1.54) is 0 Å². The van der Waals surface area contributed by atoms with Crippen LogP contribution in [0.5, 0.6) is 0 Å². The van der Waals surface area contributed by atoms with Gasteiger partial charge in [0.05, 0.1) is 24.5 Å². The quantitative estimate of drug-likeness (QED) is 0.517. The summed E-state index contributed by atoms with van der Waals surface area (Å²) in [7, 11) is 0. The van der Waals surface area contributed by atoms with Gasteiger partial charge in [0, 0.05) is 11.9 Å². The number of benzene rings is 1. The van der Waals surface area contributed by atoms with Crippen LogP contribution in [0, 0.1) is 13.5 Å². The SMILES string of the molecule is O=C=O.[C-]#[N+]c1ccc(-c2cc(C)n(Cc3nc(Br)ccc3N)c2)cc1. The lowest BCUT2D eigenvalue weighted by Gasteiger charge is -2.08. The van der Waals surface area contributed by atoms with Crippen molar-refractivity contribution in [3.63, 3.8) is 0 Å². The van der Waals surface area contributed by atoms with Gasteiger partial charge in [-0.3, -0.25) is 0 Å². The Labute approximate surface area is 159 Å². The van der Waals surface area contributed by atoms with Crippen molar-refractivity contribution in [3.05, 3.63) is 76.1 Å². The summed E-state index contributed by atoms with van der Waals surface area (Å²) in [5.41, 5.74) is 11.5. The molecule has 2 aromatic heterocycles. The van der Waals surface area contributed by atoms with Gasteiger partial charge in [0.15, 0.2) is 5.69 Å². The maximum atomic E-state index is 8.12. The third-order valence-electron chi connectivity index (χ3n) is 3.74. The summed E-state index contributed by atoms with van der Waals surface area (Å²) in [6.07, 6.45) is 2.34. The minimum Gasteiger partial charge on any atom is -0.397 e. The van der Waals surface area contributed by atoms with Crippen LogP contribution >= 0.6 is 15.9 Å². The highest BCUT2D eigenvalue weighted by molar-refractivity contribution is 9.10. The van der Waals surface area contributed by atoms with E-state index in [0.717, 1.165) is 27.1 Å². The highest BCUT2D eigenvalue weighted by atomic mass is 79.9. The molecule has 130 valence electrons. The number of pyridine rings is 1. The lowest BCUT2D eigenvalue weighted by atomic mass is 10.1. The Morgan fingerprint density at radius 3 is 2.46 bits per heavy atom. The maximum absolute atomic E-state index is 8.12. The molecule has 0 unspecified atom stereocenters. The molecule has 3 aromatic rings. The van der Waals surface area contributed by atoms with E-state index in [4.69, 9.17) is 21.9 Å². The summed E-state index contributed by atoms with van der Waals surface area (Å²) >= 11 is 3.38. The van der Waals surface area contributed by atoms with E-state index in [-0.39, 0.29) is 6.15 Å². The first-order valence-electron chi connectivity index (χ1n) is 7.53. The van der Waals surface area contributed by atoms with Crippen molar-refractivity contribution in [3.8, 4) is 11.1 Å². The molecule has 7 heteroatoms. The molecule has 1 aromatic carbocycles. The maximum Gasteiger partial charge on any atom is 0.373 e. The fourth-order valence-electron chi connectivity index (χ4n) is 2.45. The van der Waals surface area contributed by atoms with Gasteiger partial charge in [-0.15, -0.1) is 0 Å². The molecule has 0 aliphatic carbocycles. The summed E-state index contributed by atoms with van der Waals surface area (Å²) in [6, 6.07) is 13.4. The molecule has 26 heavy (non-hydrogen) atoms. The van der Waals surface area contributed by atoms with Crippen molar-refractivity contribution in [1.82, 2.24) is 9.55 Å². The predicted octanol–water partition coefficient (Wildman–Crippen LogP) is 4.22. The second-order valence-corrected chi connectivity index (χ2v) is 6.22. The van der Waals surface area contributed by atoms with E-state index in [1.807, 2.05) is 36.4 Å². The number of halogens is 1. The Hall–Kier alpha value is -3.20. The minimum atomic E-state index is 0.250. The summed E-state index contributed by atoms with van der Waals surface area (Å²) in [5, 5.41) is 0. The van der Waals surface area contributed by atoms with E-state index in [2.05, 4.69) is 49.5 Å². The largest absolute Gasteiger partial charge is 0.397 e. The Morgan fingerprint density at radius 2 is 1.85 bits per heavy atom. The summed E-state index contributed by atoms with van der Waals surface area (Å²) in [4.78, 5) is 24.1. The molecule has 6 nitrogen and oxygen atoms in total. The molecule has 0 amide bonds. The van der Waals surface area contributed by atoms with Crippen molar-refractivity contribution in [2.45, 2.75) is 13.5 Å². The first kappa shape index (κ1) is 19.1. The van der Waals surface area contributed by atoms with Gasteiger partial charge < -0.3 is 10.3 Å². The van der Waals surface area contributed by atoms with E-state index < -0.39 is 0 Å². The zero-order chi connectivity index (χ0) is 19.1. The van der Waals surface area contributed by atoms with E-state index in [9.17, 15) is 0 Å². The molecule has 0 saturated carbocycles. The average molecular weight is 411 g/mol. The molecule has 2 N–H and O–H groups in total. The second kappa shape index (κ2) is 8.77. The molecule has 0 fully saturated rings. The zero-order valence-corrected chi connectivity index (χ0v) is 15.5. The number of hydrogen-bond donors (Lipinski definition) is 1. The summed E-state index contributed by atoms with van der Waals surface area (Å²) in [5.74, 6) is 0. The van der Waals surface area contributed by atoms with Crippen molar-refractivity contribution in [1.29, 1.82) is 0 Å². The summed E-state index contributed by atoms with van der Waals surface area (Å²) < 4.78 is 2.91. The van der Waals surface area contributed by atoms with Crippen LogP contribution in [-0.2, 0) is 16.1 Å². The standard InChI is InChI=1S/C18H15BrN4.CO2/c1-12-9-14(13-3-5-15(21-2)6-4-13)10-23(12)11-17-16(20)7-8-18(19)22-17;2-1-3/h3-10H,11,20H2,1H3;. The fraction of sp³-hybridized carbons (Fsp3) is 0.105. The Bertz CT molecular complexity index is 982. The van der Waals surface area contributed by atoms with Gasteiger partial charge in [0.25, 0.3) is 0 Å². The molecular formula is C19H15BrN4O2. The average Bonchev–Trinajstić information content (AvgIpc) is 2.99. The number of carbonyl (C=O) groups excluding carboxylic acids is 2. The van der Waals surface area contributed by atoms with E-state index in [1.54, 1.807) is 0 Å². The molecule has 0 atom stereocenters. The molecule has 0 radical (unpaired) electrons. The number of aryl methyl sites for hydroxylation is 1. The van der Waals surface area contributed by atoms with Crippen LogP contribution in [0.3, 0.4) is 0 Å². The monoisotopic (exact) mass is 410 g/mol.